The fourth-order valence-electron chi connectivity index (χ4n) is 3.08. The summed E-state index contributed by atoms with van der Waals surface area (Å²) >= 11 is 3.00. The molecule has 1 unspecified atom stereocenters. The zero-order chi connectivity index (χ0) is 19.4. The van der Waals surface area contributed by atoms with E-state index < -0.39 is 23.5 Å². The Kier molecular flexibility index (Phi) is 10.6. The highest BCUT2D eigenvalue weighted by atomic mass is 79.9. The van der Waals surface area contributed by atoms with E-state index in [1.165, 1.54) is 6.07 Å². The number of piperazine rings is 1. The van der Waals surface area contributed by atoms with Gasteiger partial charge in [0.1, 0.15) is 18.5 Å². The van der Waals surface area contributed by atoms with Crippen molar-refractivity contribution in [3.63, 3.8) is 0 Å². The quantitative estimate of drug-likeness (QED) is 0.620. The minimum Gasteiger partial charge on any atom is -0.485 e. The fourth-order valence-corrected chi connectivity index (χ4v) is 3.48. The van der Waals surface area contributed by atoms with Crippen molar-refractivity contribution in [3.8, 4) is 5.75 Å². The van der Waals surface area contributed by atoms with Gasteiger partial charge >= 0.3 is 0 Å². The van der Waals surface area contributed by atoms with Crippen LogP contribution in [0.3, 0.4) is 0 Å². The molecular weight excluding hydrogens is 496 g/mol. The van der Waals surface area contributed by atoms with Gasteiger partial charge in [-0.25, -0.2) is 13.2 Å². The molecule has 0 amide bonds. The maximum atomic E-state index is 13.9. The summed E-state index contributed by atoms with van der Waals surface area (Å²) < 4.78 is 46.7. The van der Waals surface area contributed by atoms with Gasteiger partial charge < -0.3 is 14.7 Å². The summed E-state index contributed by atoms with van der Waals surface area (Å²) in [6, 6.07) is 8.84. The number of rotatable bonds is 6. The molecule has 4 nitrogen and oxygen atoms in total. The number of hydrogen-bond acceptors (Lipinski definition) is 4. The Balaban J connectivity index is 0.00000210. The van der Waals surface area contributed by atoms with Gasteiger partial charge in [0, 0.05) is 37.2 Å². The van der Waals surface area contributed by atoms with E-state index in [1.54, 1.807) is 18.2 Å². The summed E-state index contributed by atoms with van der Waals surface area (Å²) in [5, 5.41) is 10.1. The number of ether oxygens (including phenoxy) is 1. The van der Waals surface area contributed by atoms with Crippen molar-refractivity contribution < 1.29 is 23.0 Å². The second-order valence-electron chi connectivity index (χ2n) is 6.40. The number of halogens is 6. The van der Waals surface area contributed by atoms with Crippen molar-refractivity contribution in [2.45, 2.75) is 6.10 Å². The van der Waals surface area contributed by atoms with Crippen molar-refractivity contribution in [3.05, 3.63) is 58.3 Å². The molecule has 1 aliphatic rings. The molecule has 162 valence electrons. The number of nitrogens with zero attached hydrogens (tertiary/aromatic N) is 2. The standard InChI is InChI=1S/C19H20BrF3N2O2.2ClH/c20-13-9-16(22)19(17(23)10-13)27-12-14(26)11-24-5-7-25(8-6-24)18-4-2-1-3-15(18)21;;/h1-4,9-10,14,26H,5-8,11-12H2;2*1H. The molecule has 0 spiro atoms. The van der Waals surface area contributed by atoms with Crippen molar-refractivity contribution >= 4 is 46.4 Å². The van der Waals surface area contributed by atoms with Gasteiger partial charge in [0.05, 0.1) is 5.69 Å². The largest absolute Gasteiger partial charge is 0.485 e. The Morgan fingerprint density at radius 3 is 2.14 bits per heavy atom. The first-order valence-corrected chi connectivity index (χ1v) is 9.40. The SMILES string of the molecule is Cl.Cl.OC(COc1c(F)cc(Br)cc1F)CN1CCN(c2ccccc2F)CC1. The third-order valence-electron chi connectivity index (χ3n) is 4.42. The fraction of sp³-hybridized carbons (Fsp3) is 0.368. The van der Waals surface area contributed by atoms with Crippen LogP contribution < -0.4 is 9.64 Å². The van der Waals surface area contributed by atoms with Crippen LogP contribution >= 0.6 is 40.7 Å². The molecule has 0 saturated carbocycles. The molecule has 1 N–H and O–H groups in total. The average molecular weight is 518 g/mol. The molecule has 2 aromatic carbocycles. The molecule has 0 aromatic heterocycles. The van der Waals surface area contributed by atoms with Crippen LogP contribution in [0.1, 0.15) is 0 Å². The number of β-amino-alcohol motifs (C(OH)–C–C–N with tert-alkyl or cyclic N) is 1. The molecule has 0 aliphatic carbocycles. The molecule has 3 rings (SSSR count). The van der Waals surface area contributed by atoms with Crippen molar-refractivity contribution in [2.24, 2.45) is 0 Å². The topological polar surface area (TPSA) is 35.9 Å². The monoisotopic (exact) mass is 516 g/mol. The molecule has 0 radical (unpaired) electrons. The summed E-state index contributed by atoms with van der Waals surface area (Å²) in [5.41, 5.74) is 0.572. The van der Waals surface area contributed by atoms with Crippen molar-refractivity contribution in [1.29, 1.82) is 0 Å². The molecule has 1 heterocycles. The van der Waals surface area contributed by atoms with E-state index in [1.807, 2.05) is 9.80 Å². The molecule has 2 aromatic rings. The number of aliphatic hydroxyl groups excluding tert-OH is 1. The Bertz CT molecular complexity index is 773. The first kappa shape index (κ1) is 25.8. The Labute approximate surface area is 188 Å². The molecule has 1 fully saturated rings. The predicted molar refractivity (Wildman–Crippen MR) is 115 cm³/mol. The molecule has 1 aliphatic heterocycles. The third kappa shape index (κ3) is 6.93. The summed E-state index contributed by atoms with van der Waals surface area (Å²) in [4.78, 5) is 3.97. The maximum Gasteiger partial charge on any atom is 0.190 e. The number of hydrogen-bond donors (Lipinski definition) is 1. The van der Waals surface area contributed by atoms with E-state index in [2.05, 4.69) is 15.9 Å². The lowest BCUT2D eigenvalue weighted by molar-refractivity contribution is 0.0634. The second kappa shape index (κ2) is 11.9. The smallest absolute Gasteiger partial charge is 0.190 e. The molecule has 10 heteroatoms. The van der Waals surface area contributed by atoms with E-state index in [9.17, 15) is 18.3 Å². The number of aliphatic hydroxyl groups is 1. The van der Waals surface area contributed by atoms with Crippen LogP contribution in [-0.4, -0.2) is 55.4 Å². The summed E-state index contributed by atoms with van der Waals surface area (Å²) in [6.07, 6.45) is -0.896. The molecular formula is C19H22BrCl2F3N2O2. The number of para-hydroxylation sites is 1. The van der Waals surface area contributed by atoms with Crippen LogP contribution in [0.5, 0.6) is 5.75 Å². The van der Waals surface area contributed by atoms with Crippen molar-refractivity contribution in [2.75, 3.05) is 44.2 Å². The Hall–Kier alpha value is -1.19. The minimum atomic E-state index is -0.896. The van der Waals surface area contributed by atoms with Gasteiger partial charge in [0.25, 0.3) is 0 Å². The summed E-state index contributed by atoms with van der Waals surface area (Å²) in [6.45, 7) is 2.64. The van der Waals surface area contributed by atoms with E-state index in [0.717, 1.165) is 12.1 Å². The van der Waals surface area contributed by atoms with Gasteiger partial charge in [-0.1, -0.05) is 28.1 Å². The number of benzene rings is 2. The second-order valence-corrected chi connectivity index (χ2v) is 7.32. The zero-order valence-corrected chi connectivity index (χ0v) is 18.6. The lowest BCUT2D eigenvalue weighted by atomic mass is 10.2. The van der Waals surface area contributed by atoms with Gasteiger partial charge in [0.15, 0.2) is 17.4 Å². The van der Waals surface area contributed by atoms with E-state index in [0.29, 0.717) is 38.4 Å². The summed E-state index contributed by atoms with van der Waals surface area (Å²) in [5.74, 6) is -2.40. The minimum absolute atomic E-state index is 0. The van der Waals surface area contributed by atoms with Gasteiger partial charge in [0.2, 0.25) is 0 Å². The van der Waals surface area contributed by atoms with E-state index >= 15 is 0 Å². The van der Waals surface area contributed by atoms with Gasteiger partial charge in [-0.05, 0) is 24.3 Å². The third-order valence-corrected chi connectivity index (χ3v) is 4.88. The average Bonchev–Trinajstić information content (AvgIpc) is 2.62. The molecule has 1 atom stereocenters. The van der Waals surface area contributed by atoms with E-state index in [4.69, 9.17) is 4.74 Å². The normalized spacial score (nSPS) is 15.3. The van der Waals surface area contributed by atoms with Crippen molar-refractivity contribution in [1.82, 2.24) is 4.90 Å². The van der Waals surface area contributed by atoms with Gasteiger partial charge in [-0.15, -0.1) is 24.8 Å². The first-order valence-electron chi connectivity index (χ1n) is 8.61. The molecule has 0 bridgehead atoms. The number of anilines is 1. The highest BCUT2D eigenvalue weighted by molar-refractivity contribution is 9.10. The van der Waals surface area contributed by atoms with E-state index in [-0.39, 0.29) is 41.7 Å². The molecule has 29 heavy (non-hydrogen) atoms. The first-order chi connectivity index (χ1) is 12.9. The van der Waals surface area contributed by atoms with Gasteiger partial charge in [-0.3, -0.25) is 4.90 Å². The zero-order valence-electron chi connectivity index (χ0n) is 15.4. The summed E-state index contributed by atoms with van der Waals surface area (Å²) in [7, 11) is 0. The van der Waals surface area contributed by atoms with Crippen LogP contribution in [0, 0.1) is 17.5 Å². The van der Waals surface area contributed by atoms with Crippen LogP contribution in [0.4, 0.5) is 18.9 Å². The Morgan fingerprint density at radius 1 is 0.966 bits per heavy atom. The molecule has 1 saturated heterocycles. The lowest BCUT2D eigenvalue weighted by Crippen LogP contribution is -2.49. The van der Waals surface area contributed by atoms with Gasteiger partial charge in [-0.2, -0.15) is 0 Å². The van der Waals surface area contributed by atoms with Crippen LogP contribution in [-0.2, 0) is 0 Å². The van der Waals surface area contributed by atoms with Crippen LogP contribution in [0.2, 0.25) is 0 Å². The Morgan fingerprint density at radius 2 is 1.55 bits per heavy atom. The highest BCUT2D eigenvalue weighted by Crippen LogP contribution is 2.26. The lowest BCUT2D eigenvalue weighted by Gasteiger charge is -2.36. The maximum absolute atomic E-state index is 13.9. The van der Waals surface area contributed by atoms with Crippen LogP contribution in [0.15, 0.2) is 40.9 Å². The van der Waals surface area contributed by atoms with Crippen LogP contribution in [0.25, 0.3) is 0 Å². The predicted octanol–water partition coefficient (Wildman–Crippen LogP) is 4.27. The highest BCUT2D eigenvalue weighted by Gasteiger charge is 2.22.